The minimum Gasteiger partial charge on any atom is -0.395 e. The van der Waals surface area contributed by atoms with Gasteiger partial charge in [-0.1, -0.05) is 0 Å². The number of aromatic nitrogens is 2. The molecule has 7 heteroatoms. The van der Waals surface area contributed by atoms with E-state index in [1.807, 2.05) is 6.92 Å². The lowest BCUT2D eigenvalue weighted by atomic mass is 10.4. The van der Waals surface area contributed by atoms with Crippen molar-refractivity contribution < 1.29 is 8.42 Å². The van der Waals surface area contributed by atoms with Crippen LogP contribution in [0.2, 0.25) is 0 Å². The second kappa shape index (κ2) is 4.44. The van der Waals surface area contributed by atoms with E-state index in [1.165, 1.54) is 18.0 Å². The average molecular weight is 249 g/mol. The molecule has 0 saturated heterocycles. The number of hydrogen-bond acceptors (Lipinski definition) is 5. The first-order chi connectivity index (χ1) is 6.81. The number of hydrogen-bond donors (Lipinski definition) is 1. The molecule has 0 aromatic carbocycles. The van der Waals surface area contributed by atoms with Gasteiger partial charge in [0.2, 0.25) is 0 Å². The molecule has 0 fully saturated rings. The zero-order valence-electron chi connectivity index (χ0n) is 9.02. The second-order valence-electron chi connectivity index (χ2n) is 3.41. The van der Waals surface area contributed by atoms with E-state index >= 15 is 0 Å². The van der Waals surface area contributed by atoms with Crippen LogP contribution in [0.5, 0.6) is 0 Å². The Hall–Kier alpha value is -0.690. The van der Waals surface area contributed by atoms with E-state index in [2.05, 4.69) is 5.10 Å². The molecule has 0 bridgehead atoms. The Morgan fingerprint density at radius 3 is 2.53 bits per heavy atom. The maximum Gasteiger partial charge on any atom is 0.148 e. The molecule has 86 valence electrons. The van der Waals surface area contributed by atoms with Gasteiger partial charge in [0.25, 0.3) is 0 Å². The highest BCUT2D eigenvalue weighted by molar-refractivity contribution is 8.00. The van der Waals surface area contributed by atoms with Gasteiger partial charge in [-0.15, -0.1) is 11.8 Å². The van der Waals surface area contributed by atoms with E-state index < -0.39 is 9.84 Å². The molecular formula is C8H15N3O2S2. The van der Waals surface area contributed by atoms with Crippen molar-refractivity contribution in [3.8, 4) is 0 Å². The van der Waals surface area contributed by atoms with E-state index in [9.17, 15) is 8.42 Å². The van der Waals surface area contributed by atoms with Crippen molar-refractivity contribution in [3.63, 3.8) is 0 Å². The van der Waals surface area contributed by atoms with Gasteiger partial charge < -0.3 is 5.73 Å². The first-order valence-electron chi connectivity index (χ1n) is 4.41. The van der Waals surface area contributed by atoms with Crippen LogP contribution in [-0.2, 0) is 16.9 Å². The van der Waals surface area contributed by atoms with Crippen LogP contribution in [0.1, 0.15) is 5.69 Å². The van der Waals surface area contributed by atoms with Crippen LogP contribution in [0.3, 0.4) is 0 Å². The number of nitrogens with two attached hydrogens (primary N) is 1. The Morgan fingerprint density at radius 2 is 2.13 bits per heavy atom. The smallest absolute Gasteiger partial charge is 0.148 e. The third-order valence-electron chi connectivity index (χ3n) is 1.91. The van der Waals surface area contributed by atoms with Gasteiger partial charge in [-0.25, -0.2) is 8.42 Å². The van der Waals surface area contributed by atoms with Crippen molar-refractivity contribution in [1.29, 1.82) is 0 Å². The van der Waals surface area contributed by atoms with Crippen LogP contribution in [0.15, 0.2) is 5.03 Å². The molecule has 1 aromatic rings. The Balaban J connectivity index is 2.66. The molecule has 5 nitrogen and oxygen atoms in total. The molecule has 0 unspecified atom stereocenters. The van der Waals surface area contributed by atoms with Gasteiger partial charge in [-0.3, -0.25) is 4.68 Å². The molecule has 0 saturated carbocycles. The lowest BCUT2D eigenvalue weighted by Gasteiger charge is -2.02. The van der Waals surface area contributed by atoms with E-state index in [1.54, 1.807) is 11.7 Å². The highest BCUT2D eigenvalue weighted by Crippen LogP contribution is 2.26. The molecule has 1 rings (SSSR count). The number of nitrogens with zero attached hydrogens (tertiary/aromatic N) is 2. The van der Waals surface area contributed by atoms with Crippen molar-refractivity contribution in [3.05, 3.63) is 5.69 Å². The molecule has 0 amide bonds. The normalized spacial score (nSPS) is 11.9. The summed E-state index contributed by atoms with van der Waals surface area (Å²) in [5.74, 6) is 0.656. The van der Waals surface area contributed by atoms with E-state index in [-0.39, 0.29) is 5.75 Å². The quantitative estimate of drug-likeness (QED) is 0.784. The molecule has 1 aromatic heterocycles. The summed E-state index contributed by atoms with van der Waals surface area (Å²) in [5, 5.41) is 4.98. The van der Waals surface area contributed by atoms with Gasteiger partial charge >= 0.3 is 0 Å². The molecule has 0 radical (unpaired) electrons. The molecule has 0 aliphatic rings. The average Bonchev–Trinajstić information content (AvgIpc) is 2.29. The summed E-state index contributed by atoms with van der Waals surface area (Å²) in [6.07, 6.45) is 1.23. The van der Waals surface area contributed by atoms with E-state index in [0.29, 0.717) is 11.4 Å². The first kappa shape index (κ1) is 12.4. The molecule has 0 atom stereocenters. The molecule has 2 N–H and O–H groups in total. The number of anilines is 1. The standard InChI is InChI=1S/C8H15N3O2S2/c1-6-7(9)8(11(2)10-6)14-4-5-15(3,12)13/h4-5,9H2,1-3H3. The number of thioether (sulfide) groups is 1. The summed E-state index contributed by atoms with van der Waals surface area (Å²) >= 11 is 1.42. The van der Waals surface area contributed by atoms with Crippen molar-refractivity contribution in [1.82, 2.24) is 9.78 Å². The summed E-state index contributed by atoms with van der Waals surface area (Å²) < 4.78 is 23.5. The molecule has 1 heterocycles. The van der Waals surface area contributed by atoms with Gasteiger partial charge in [0.1, 0.15) is 14.9 Å². The molecule has 0 spiro atoms. The Morgan fingerprint density at radius 1 is 1.53 bits per heavy atom. The van der Waals surface area contributed by atoms with Crippen molar-refractivity contribution in [2.75, 3.05) is 23.5 Å². The maximum absolute atomic E-state index is 10.9. The van der Waals surface area contributed by atoms with Crippen LogP contribution in [0.25, 0.3) is 0 Å². The largest absolute Gasteiger partial charge is 0.395 e. The van der Waals surface area contributed by atoms with Crippen LogP contribution >= 0.6 is 11.8 Å². The third-order valence-corrected chi connectivity index (χ3v) is 4.28. The lowest BCUT2D eigenvalue weighted by Crippen LogP contribution is -2.06. The maximum atomic E-state index is 10.9. The van der Waals surface area contributed by atoms with Crippen LogP contribution in [-0.4, -0.2) is 36.0 Å². The fraction of sp³-hybridized carbons (Fsp3) is 0.625. The number of sulfone groups is 1. The SMILES string of the molecule is Cc1nn(C)c(SCCS(C)(=O)=O)c1N. The number of nitrogen functional groups attached to an aromatic ring is 1. The molecule has 0 aliphatic carbocycles. The van der Waals surface area contributed by atoms with Gasteiger partial charge in [0, 0.05) is 19.1 Å². The van der Waals surface area contributed by atoms with Crippen LogP contribution < -0.4 is 5.73 Å². The van der Waals surface area contributed by atoms with Gasteiger partial charge in [-0.05, 0) is 6.92 Å². The highest BCUT2D eigenvalue weighted by Gasteiger charge is 2.11. The first-order valence-corrected chi connectivity index (χ1v) is 7.45. The monoisotopic (exact) mass is 249 g/mol. The molecule has 0 aliphatic heterocycles. The lowest BCUT2D eigenvalue weighted by molar-refractivity contribution is 0.603. The van der Waals surface area contributed by atoms with Crippen molar-refractivity contribution in [2.24, 2.45) is 7.05 Å². The topological polar surface area (TPSA) is 78.0 Å². The van der Waals surface area contributed by atoms with E-state index in [0.717, 1.165) is 10.7 Å². The third kappa shape index (κ3) is 3.42. The molecular weight excluding hydrogens is 234 g/mol. The zero-order valence-corrected chi connectivity index (χ0v) is 10.7. The fourth-order valence-corrected chi connectivity index (χ4v) is 3.38. The van der Waals surface area contributed by atoms with Crippen molar-refractivity contribution >= 4 is 27.3 Å². The number of aryl methyl sites for hydroxylation is 2. The Bertz CT molecular complexity index is 451. The van der Waals surface area contributed by atoms with Crippen LogP contribution in [0.4, 0.5) is 5.69 Å². The fourth-order valence-electron chi connectivity index (χ4n) is 1.11. The van der Waals surface area contributed by atoms with Gasteiger partial charge in [0.05, 0.1) is 17.1 Å². The Kier molecular flexibility index (Phi) is 3.67. The predicted octanol–water partition coefficient (Wildman–Crippen LogP) is 0.447. The summed E-state index contributed by atoms with van der Waals surface area (Å²) in [6.45, 7) is 1.83. The van der Waals surface area contributed by atoms with Gasteiger partial charge in [-0.2, -0.15) is 5.10 Å². The van der Waals surface area contributed by atoms with Gasteiger partial charge in [0.15, 0.2) is 0 Å². The Labute approximate surface area is 94.0 Å². The second-order valence-corrected chi connectivity index (χ2v) is 6.75. The minimum absolute atomic E-state index is 0.154. The highest BCUT2D eigenvalue weighted by atomic mass is 32.2. The minimum atomic E-state index is -2.90. The van der Waals surface area contributed by atoms with Crippen LogP contribution in [0, 0.1) is 6.92 Å². The van der Waals surface area contributed by atoms with Crippen molar-refractivity contribution in [2.45, 2.75) is 11.9 Å². The number of rotatable bonds is 4. The predicted molar refractivity (Wildman–Crippen MR) is 62.8 cm³/mol. The molecule has 15 heavy (non-hydrogen) atoms. The summed E-state index contributed by atoms with van der Waals surface area (Å²) in [7, 11) is -1.11. The zero-order chi connectivity index (χ0) is 11.6. The summed E-state index contributed by atoms with van der Waals surface area (Å²) in [4.78, 5) is 0. The summed E-state index contributed by atoms with van der Waals surface area (Å²) in [5.41, 5.74) is 7.21. The summed E-state index contributed by atoms with van der Waals surface area (Å²) in [6, 6.07) is 0. The van der Waals surface area contributed by atoms with E-state index in [4.69, 9.17) is 5.73 Å².